The first-order valence-electron chi connectivity index (χ1n) is 14.8. The second-order valence-electron chi connectivity index (χ2n) is 12.2. The molecular formula is C31H33F3N4O7S. The number of hydrogen-bond donors (Lipinski definition) is 2. The number of alkyl halides is 3. The second kappa shape index (κ2) is 11.4. The van der Waals surface area contributed by atoms with Crippen molar-refractivity contribution in [2.24, 2.45) is 4.99 Å². The van der Waals surface area contributed by atoms with Gasteiger partial charge in [0.05, 0.1) is 5.60 Å². The molecular weight excluding hydrogens is 629 g/mol. The van der Waals surface area contributed by atoms with E-state index in [1.807, 2.05) is 0 Å². The molecule has 2 amide bonds. The summed E-state index contributed by atoms with van der Waals surface area (Å²) in [5.41, 5.74) is 0.223. The van der Waals surface area contributed by atoms with Crippen LogP contribution in [0.3, 0.4) is 0 Å². The van der Waals surface area contributed by atoms with Gasteiger partial charge in [-0.25, -0.2) is 12.8 Å². The van der Waals surface area contributed by atoms with Crippen molar-refractivity contribution in [2.45, 2.75) is 57.0 Å². The minimum atomic E-state index is -3.88. The Morgan fingerprint density at radius 2 is 1.65 bits per heavy atom. The molecule has 46 heavy (non-hydrogen) atoms. The van der Waals surface area contributed by atoms with Crippen LogP contribution in [0.2, 0.25) is 0 Å². The fraction of sp³-hybridized carbons (Fsp3) is 0.452. The number of fused-ring (bicyclic) bond motifs is 1. The fourth-order valence-electron chi connectivity index (χ4n) is 6.24. The molecule has 6 rings (SSSR count). The zero-order valence-corrected chi connectivity index (χ0v) is 26.0. The van der Waals surface area contributed by atoms with Gasteiger partial charge in [-0.3, -0.25) is 14.6 Å². The highest BCUT2D eigenvalue weighted by atomic mass is 32.2. The van der Waals surface area contributed by atoms with Crippen LogP contribution in [-0.4, -0.2) is 90.7 Å². The van der Waals surface area contributed by atoms with E-state index in [2.05, 4.69) is 19.8 Å². The van der Waals surface area contributed by atoms with E-state index in [1.54, 1.807) is 30.9 Å². The maximum Gasteiger partial charge on any atom is 0.586 e. The number of rotatable bonds is 6. The highest BCUT2D eigenvalue weighted by Crippen LogP contribution is 2.42. The van der Waals surface area contributed by atoms with Crippen molar-refractivity contribution in [1.29, 1.82) is 0 Å². The predicted octanol–water partition coefficient (Wildman–Crippen LogP) is 3.27. The maximum atomic E-state index is 13.4. The van der Waals surface area contributed by atoms with Crippen molar-refractivity contribution < 1.29 is 45.8 Å². The van der Waals surface area contributed by atoms with Crippen LogP contribution in [0, 0.1) is 13.8 Å². The lowest BCUT2D eigenvalue weighted by atomic mass is 9.89. The number of likely N-dealkylation sites (tertiary alicyclic amines) is 1. The predicted molar refractivity (Wildman–Crippen MR) is 161 cm³/mol. The molecule has 2 aromatic rings. The Balaban J connectivity index is 1.11. The van der Waals surface area contributed by atoms with Crippen LogP contribution in [0.5, 0.6) is 11.5 Å². The van der Waals surface area contributed by atoms with E-state index in [9.17, 15) is 36.3 Å². The van der Waals surface area contributed by atoms with E-state index < -0.39 is 40.0 Å². The summed E-state index contributed by atoms with van der Waals surface area (Å²) in [6.07, 6.45) is -1.74. The number of carbonyl (C=O) groups excluding carboxylic acids is 2. The Kier molecular flexibility index (Phi) is 7.92. The third-order valence-electron chi connectivity index (χ3n) is 9.04. The molecule has 4 aliphatic rings. The number of sulfonamides is 1. The van der Waals surface area contributed by atoms with Crippen LogP contribution in [0.1, 0.15) is 58.3 Å². The molecule has 0 unspecified atom stereocenters. The smallest absolute Gasteiger partial charge is 0.395 e. The van der Waals surface area contributed by atoms with E-state index in [-0.39, 0.29) is 75.1 Å². The molecule has 1 spiro atoms. The molecule has 11 nitrogen and oxygen atoms in total. The maximum absolute atomic E-state index is 13.4. The zero-order chi connectivity index (χ0) is 33.1. The van der Waals surface area contributed by atoms with Gasteiger partial charge < -0.3 is 24.8 Å². The zero-order valence-electron chi connectivity index (χ0n) is 25.2. The van der Waals surface area contributed by atoms with Crippen LogP contribution in [-0.2, 0) is 14.8 Å². The van der Waals surface area contributed by atoms with Gasteiger partial charge in [-0.15, -0.1) is 8.78 Å². The summed E-state index contributed by atoms with van der Waals surface area (Å²) in [4.78, 5) is 32.2. The third-order valence-corrected chi connectivity index (χ3v) is 10.6. The van der Waals surface area contributed by atoms with Crippen molar-refractivity contribution in [3.8, 4) is 11.5 Å². The molecule has 0 atom stereocenters. The summed E-state index contributed by atoms with van der Waals surface area (Å²) in [7, 11) is -3.88. The molecule has 0 aromatic heterocycles. The summed E-state index contributed by atoms with van der Waals surface area (Å²) >= 11 is 0. The van der Waals surface area contributed by atoms with Crippen molar-refractivity contribution >= 4 is 33.7 Å². The van der Waals surface area contributed by atoms with Crippen LogP contribution < -0.4 is 14.8 Å². The van der Waals surface area contributed by atoms with Crippen LogP contribution >= 0.6 is 0 Å². The van der Waals surface area contributed by atoms with Gasteiger partial charge in [-0.05, 0) is 92.6 Å². The van der Waals surface area contributed by atoms with Gasteiger partial charge >= 0.3 is 6.29 Å². The molecule has 4 aliphatic heterocycles. The number of amidine groups is 1. The van der Waals surface area contributed by atoms with Crippen molar-refractivity contribution in [2.75, 3.05) is 32.9 Å². The summed E-state index contributed by atoms with van der Waals surface area (Å²) in [5.74, 6) is -0.782. The van der Waals surface area contributed by atoms with Crippen LogP contribution in [0.25, 0.3) is 6.08 Å². The minimum absolute atomic E-state index is 0.0308. The highest BCUT2D eigenvalue weighted by molar-refractivity contribution is 7.92. The monoisotopic (exact) mass is 662 g/mol. The number of amides is 2. The Bertz CT molecular complexity index is 1740. The van der Waals surface area contributed by atoms with E-state index in [0.717, 1.165) is 5.41 Å². The van der Waals surface area contributed by atoms with Gasteiger partial charge in [-0.2, -0.15) is 4.31 Å². The molecule has 15 heteroatoms. The molecule has 246 valence electrons. The average molecular weight is 663 g/mol. The lowest BCUT2D eigenvalue weighted by Crippen LogP contribution is -2.50. The molecule has 2 saturated heterocycles. The number of hydrogen-bond acceptors (Lipinski definition) is 8. The number of nitrogens with zero attached hydrogens (tertiary/aromatic N) is 3. The van der Waals surface area contributed by atoms with Gasteiger partial charge in [0.25, 0.3) is 11.8 Å². The van der Waals surface area contributed by atoms with E-state index >= 15 is 0 Å². The lowest BCUT2D eigenvalue weighted by Gasteiger charge is -2.36. The Morgan fingerprint density at radius 1 is 1.02 bits per heavy atom. The number of piperidine rings is 2. The number of nitrogens with one attached hydrogen (secondary N) is 1. The number of aryl methyl sites for hydroxylation is 2. The standard InChI is InChI=1S/C31H33F3N4O7S/c1-19-15-22(27(39)37-10-6-29(41,18-32)7-11-37)16-20(2)23(19)5-14-46(42,43)38-12-8-30(9-13-38)28(40)35-26(36-30)21-3-4-24-25(17-21)45-31(33,34)44-24/h3-5,14-17,41H,6-13,18H2,1-2H3,(H,35,36,40). The quantitative estimate of drug-likeness (QED) is 0.485. The summed E-state index contributed by atoms with van der Waals surface area (Å²) < 4.78 is 76.7. The van der Waals surface area contributed by atoms with Crippen molar-refractivity contribution in [3.05, 3.63) is 63.6 Å². The van der Waals surface area contributed by atoms with Gasteiger partial charge in [0.2, 0.25) is 10.0 Å². The normalized spacial score (nSPS) is 21.9. The van der Waals surface area contributed by atoms with Crippen LogP contribution in [0.15, 0.2) is 40.7 Å². The molecule has 2 N–H and O–H groups in total. The average Bonchev–Trinajstić information content (AvgIpc) is 3.50. The molecule has 0 radical (unpaired) electrons. The molecule has 2 fully saturated rings. The highest BCUT2D eigenvalue weighted by Gasteiger charge is 2.48. The van der Waals surface area contributed by atoms with Gasteiger partial charge in [0.1, 0.15) is 18.0 Å². The number of aliphatic hydroxyl groups is 1. The number of carbonyl (C=O) groups is 2. The molecule has 0 bridgehead atoms. The summed E-state index contributed by atoms with van der Waals surface area (Å²) in [6, 6.07) is 7.43. The van der Waals surface area contributed by atoms with E-state index in [1.165, 1.54) is 28.6 Å². The van der Waals surface area contributed by atoms with E-state index in [4.69, 9.17) is 0 Å². The molecule has 2 aromatic carbocycles. The number of ether oxygens (including phenoxy) is 2. The van der Waals surface area contributed by atoms with Gasteiger partial charge in [-0.1, -0.05) is 0 Å². The Morgan fingerprint density at radius 3 is 2.28 bits per heavy atom. The van der Waals surface area contributed by atoms with Crippen molar-refractivity contribution in [3.63, 3.8) is 0 Å². The Hall–Kier alpha value is -3.95. The lowest BCUT2D eigenvalue weighted by molar-refractivity contribution is -0.286. The number of aliphatic imine (C=N–C) groups is 1. The van der Waals surface area contributed by atoms with Crippen LogP contribution in [0.4, 0.5) is 13.2 Å². The second-order valence-corrected chi connectivity index (χ2v) is 14.0. The van der Waals surface area contributed by atoms with Gasteiger partial charge in [0, 0.05) is 42.7 Å². The molecule has 0 aliphatic carbocycles. The first kappa shape index (κ1) is 32.0. The summed E-state index contributed by atoms with van der Waals surface area (Å²) in [5, 5.41) is 13.9. The first-order valence-corrected chi connectivity index (χ1v) is 16.3. The minimum Gasteiger partial charge on any atom is -0.395 e. The fourth-order valence-corrected chi connectivity index (χ4v) is 7.41. The van der Waals surface area contributed by atoms with E-state index in [0.29, 0.717) is 27.8 Å². The first-order chi connectivity index (χ1) is 21.6. The van der Waals surface area contributed by atoms with Gasteiger partial charge in [0.15, 0.2) is 11.5 Å². The third kappa shape index (κ3) is 5.98. The molecule has 0 saturated carbocycles. The molecule has 4 heterocycles. The van der Waals surface area contributed by atoms with Crippen molar-refractivity contribution in [1.82, 2.24) is 14.5 Å². The SMILES string of the molecule is Cc1cc(C(=O)N2CCC(O)(CF)CC2)cc(C)c1C=CS(=O)(=O)N1CCC2(CC1)N=C(c1ccc3c(c1)OC(F)(F)O3)NC2=O. The number of halogens is 3. The number of benzene rings is 2. The summed E-state index contributed by atoms with van der Waals surface area (Å²) in [6.45, 7) is 3.24. The Labute approximate surface area is 263 Å². The topological polar surface area (TPSA) is 138 Å². The largest absolute Gasteiger partial charge is 0.586 e.